The molecule has 3 aromatic heterocycles. The van der Waals surface area contributed by atoms with Crippen LogP contribution >= 0.6 is 0 Å². The number of aromatic nitrogens is 3. The number of benzene rings is 3. The zero-order valence-electron chi connectivity index (χ0n) is 20.7. The Morgan fingerprint density at radius 3 is 2.48 bits per heavy atom. The molecule has 1 aliphatic rings. The van der Waals surface area contributed by atoms with Crippen LogP contribution < -0.4 is 9.64 Å². The molecule has 10 heteroatoms. The SMILES string of the molecule is Oc1ccc(C(F)(F)F)c2ccc(Oc3[c-]c4c(cc3)c3ccccc3n4-c3cc(N4CCC4)ccn3)nc12.[Pt]. The standard InChI is InChI=1S/C30H20F3N4O2.Pt/c31-30(32,33)23-9-10-26(38)29-22(23)8-11-28(35-29)39-19-6-7-21-20-4-1-2-5-24(20)37(25(21)17-19)27-16-18(12-13-34-27)36-14-3-15-36;/h1-2,4-13,16,38H,3,14-15H2;/q-1;. The van der Waals surface area contributed by atoms with Crippen molar-refractivity contribution in [1.82, 2.24) is 14.5 Å². The Morgan fingerprint density at radius 1 is 0.900 bits per heavy atom. The Balaban J connectivity index is 0.00000289. The molecule has 6 nitrogen and oxygen atoms in total. The zero-order valence-corrected chi connectivity index (χ0v) is 23.0. The number of halogens is 3. The van der Waals surface area contributed by atoms with Crippen molar-refractivity contribution in [3.05, 3.63) is 90.6 Å². The van der Waals surface area contributed by atoms with Gasteiger partial charge in [-0.05, 0) is 42.1 Å². The minimum absolute atomic E-state index is 0. The van der Waals surface area contributed by atoms with Crippen LogP contribution in [0.5, 0.6) is 17.4 Å². The molecule has 0 saturated carbocycles. The van der Waals surface area contributed by atoms with Crippen molar-refractivity contribution in [2.24, 2.45) is 0 Å². The average molecular weight is 721 g/mol. The minimum atomic E-state index is -4.58. The molecule has 0 atom stereocenters. The molecule has 4 heterocycles. The number of alkyl halides is 3. The van der Waals surface area contributed by atoms with Crippen LogP contribution in [0.15, 0.2) is 79.0 Å². The van der Waals surface area contributed by atoms with Crippen molar-refractivity contribution < 1.29 is 44.1 Å². The van der Waals surface area contributed by atoms with Gasteiger partial charge >= 0.3 is 6.18 Å². The summed E-state index contributed by atoms with van der Waals surface area (Å²) in [6.07, 6.45) is -1.62. The molecule has 7 rings (SSSR count). The molecule has 1 aliphatic heterocycles. The molecule has 40 heavy (non-hydrogen) atoms. The fraction of sp³-hybridized carbons (Fsp3) is 0.133. The number of para-hydroxylation sites is 1. The van der Waals surface area contributed by atoms with Crippen LogP contribution in [0.4, 0.5) is 18.9 Å². The number of phenols is 1. The number of ether oxygens (including phenoxy) is 1. The third kappa shape index (κ3) is 4.34. The van der Waals surface area contributed by atoms with Gasteiger partial charge in [-0.3, -0.25) is 0 Å². The van der Waals surface area contributed by atoms with Gasteiger partial charge in [-0.25, -0.2) is 9.97 Å². The number of hydrogen-bond donors (Lipinski definition) is 1. The Bertz CT molecular complexity index is 1900. The first-order valence-electron chi connectivity index (χ1n) is 12.4. The summed E-state index contributed by atoms with van der Waals surface area (Å²) in [5.41, 5.74) is 1.74. The van der Waals surface area contributed by atoms with Crippen molar-refractivity contribution in [1.29, 1.82) is 0 Å². The van der Waals surface area contributed by atoms with Crippen molar-refractivity contribution in [2.75, 3.05) is 18.0 Å². The van der Waals surface area contributed by atoms with E-state index < -0.39 is 11.7 Å². The fourth-order valence-electron chi connectivity index (χ4n) is 5.07. The molecule has 0 aliphatic carbocycles. The second kappa shape index (κ2) is 9.82. The van der Waals surface area contributed by atoms with E-state index in [1.807, 2.05) is 41.0 Å². The molecular weight excluding hydrogens is 700 g/mol. The number of fused-ring (bicyclic) bond motifs is 4. The molecule has 0 radical (unpaired) electrons. The topological polar surface area (TPSA) is 63.4 Å². The Labute approximate surface area is 240 Å². The third-order valence-electron chi connectivity index (χ3n) is 7.07. The first kappa shape index (κ1) is 26.1. The van der Waals surface area contributed by atoms with E-state index in [1.165, 1.54) is 18.6 Å². The summed E-state index contributed by atoms with van der Waals surface area (Å²) in [7, 11) is 0. The maximum absolute atomic E-state index is 13.4. The van der Waals surface area contributed by atoms with Gasteiger partial charge in [-0.1, -0.05) is 23.7 Å². The van der Waals surface area contributed by atoms with Gasteiger partial charge in [0.25, 0.3) is 0 Å². The maximum atomic E-state index is 13.4. The number of hydrogen-bond acceptors (Lipinski definition) is 5. The summed E-state index contributed by atoms with van der Waals surface area (Å²) in [6, 6.07) is 23.4. The molecule has 0 unspecified atom stereocenters. The smallest absolute Gasteiger partial charge is 0.417 e. The van der Waals surface area contributed by atoms with Crippen LogP contribution in [0, 0.1) is 6.07 Å². The van der Waals surface area contributed by atoms with E-state index in [4.69, 9.17) is 4.74 Å². The molecule has 0 amide bonds. The minimum Gasteiger partial charge on any atom is -0.506 e. The van der Waals surface area contributed by atoms with E-state index in [0.29, 0.717) is 5.75 Å². The van der Waals surface area contributed by atoms with Gasteiger partial charge in [0.15, 0.2) is 0 Å². The van der Waals surface area contributed by atoms with Crippen LogP contribution in [-0.4, -0.2) is 32.7 Å². The van der Waals surface area contributed by atoms with Gasteiger partial charge in [0, 0.05) is 74.8 Å². The molecular formula is C30H20F3N4O2Pt-. The summed E-state index contributed by atoms with van der Waals surface area (Å²) >= 11 is 0. The zero-order chi connectivity index (χ0) is 26.7. The van der Waals surface area contributed by atoms with Crippen molar-refractivity contribution in [3.63, 3.8) is 0 Å². The first-order valence-corrected chi connectivity index (χ1v) is 12.4. The molecule has 1 fully saturated rings. The van der Waals surface area contributed by atoms with E-state index in [0.717, 1.165) is 58.5 Å². The average Bonchev–Trinajstić information content (AvgIpc) is 3.21. The Morgan fingerprint density at radius 2 is 1.70 bits per heavy atom. The van der Waals surface area contributed by atoms with E-state index in [2.05, 4.69) is 27.0 Å². The molecule has 0 spiro atoms. The number of nitrogens with zero attached hydrogens (tertiary/aromatic N) is 4. The van der Waals surface area contributed by atoms with Crippen molar-refractivity contribution >= 4 is 38.4 Å². The predicted molar refractivity (Wildman–Crippen MR) is 143 cm³/mol. The van der Waals surface area contributed by atoms with E-state index in [1.54, 1.807) is 12.3 Å². The van der Waals surface area contributed by atoms with Gasteiger partial charge < -0.3 is 19.3 Å². The van der Waals surface area contributed by atoms with Gasteiger partial charge in [0.05, 0.1) is 5.56 Å². The third-order valence-corrected chi connectivity index (χ3v) is 7.07. The molecule has 204 valence electrons. The summed E-state index contributed by atoms with van der Waals surface area (Å²) in [6.45, 7) is 2.03. The molecule has 1 saturated heterocycles. The fourth-order valence-corrected chi connectivity index (χ4v) is 5.07. The normalized spacial score (nSPS) is 13.4. The van der Waals surface area contributed by atoms with Crippen molar-refractivity contribution in [2.45, 2.75) is 12.6 Å². The second-order valence-corrected chi connectivity index (χ2v) is 9.43. The molecule has 0 bridgehead atoms. The van der Waals surface area contributed by atoms with Gasteiger partial charge in [-0.15, -0.1) is 17.5 Å². The Kier molecular flexibility index (Phi) is 6.42. The molecule has 1 N–H and O–H groups in total. The summed E-state index contributed by atoms with van der Waals surface area (Å²) < 4.78 is 48.3. The van der Waals surface area contributed by atoms with Crippen LogP contribution in [0.1, 0.15) is 12.0 Å². The number of rotatable bonds is 4. The van der Waals surface area contributed by atoms with Crippen LogP contribution in [0.3, 0.4) is 0 Å². The summed E-state index contributed by atoms with van der Waals surface area (Å²) in [5.74, 6) is 0.737. The van der Waals surface area contributed by atoms with Crippen LogP contribution in [-0.2, 0) is 27.2 Å². The number of phenolic OH excluding ortho intramolecular Hbond substituents is 1. The monoisotopic (exact) mass is 720 g/mol. The second-order valence-electron chi connectivity index (χ2n) is 9.43. The predicted octanol–water partition coefficient (Wildman–Crippen LogP) is 7.25. The largest absolute Gasteiger partial charge is 0.506 e. The number of anilines is 1. The maximum Gasteiger partial charge on any atom is 0.417 e. The van der Waals surface area contributed by atoms with E-state index in [-0.39, 0.29) is 43.6 Å². The van der Waals surface area contributed by atoms with Crippen LogP contribution in [0.25, 0.3) is 38.5 Å². The van der Waals surface area contributed by atoms with Crippen LogP contribution in [0.2, 0.25) is 0 Å². The number of pyridine rings is 2. The summed E-state index contributed by atoms with van der Waals surface area (Å²) in [5, 5.41) is 12.0. The molecule has 3 aromatic carbocycles. The summed E-state index contributed by atoms with van der Waals surface area (Å²) in [4.78, 5) is 11.1. The Hall–Kier alpha value is -4.10. The van der Waals surface area contributed by atoms with E-state index in [9.17, 15) is 18.3 Å². The van der Waals surface area contributed by atoms with Crippen molar-refractivity contribution in [3.8, 4) is 23.2 Å². The van der Waals surface area contributed by atoms with Gasteiger partial charge in [0.1, 0.15) is 17.1 Å². The van der Waals surface area contributed by atoms with Gasteiger partial charge in [0.2, 0.25) is 5.88 Å². The quantitative estimate of drug-likeness (QED) is 0.195. The molecule has 6 aromatic rings. The first-order chi connectivity index (χ1) is 18.9. The van der Waals surface area contributed by atoms with E-state index >= 15 is 0 Å². The number of aromatic hydroxyl groups is 1. The van der Waals surface area contributed by atoms with Gasteiger partial charge in [-0.2, -0.15) is 19.2 Å².